The lowest BCUT2D eigenvalue weighted by Gasteiger charge is -2.20. The van der Waals surface area contributed by atoms with Gasteiger partial charge < -0.3 is 5.32 Å². The van der Waals surface area contributed by atoms with Gasteiger partial charge in [-0.1, -0.05) is 42.8 Å². The Hall–Kier alpha value is -0.790. The first kappa shape index (κ1) is 12.3. The lowest BCUT2D eigenvalue weighted by atomic mass is 10.00. The minimum atomic E-state index is 0.156. The van der Waals surface area contributed by atoms with Crippen molar-refractivity contribution in [2.75, 3.05) is 6.54 Å². The highest BCUT2D eigenvalue weighted by molar-refractivity contribution is 6.31. The zero-order valence-corrected chi connectivity index (χ0v) is 10.4. The van der Waals surface area contributed by atoms with Gasteiger partial charge in [-0.15, -0.1) is 0 Å². The lowest BCUT2D eigenvalue weighted by Crippen LogP contribution is -2.21. The summed E-state index contributed by atoms with van der Waals surface area (Å²) in [7, 11) is 0. The van der Waals surface area contributed by atoms with E-state index in [1.165, 1.54) is 5.56 Å². The topological polar surface area (TPSA) is 12.0 Å². The Kier molecular flexibility index (Phi) is 4.37. The summed E-state index contributed by atoms with van der Waals surface area (Å²) >= 11 is 6.22. The van der Waals surface area contributed by atoms with Gasteiger partial charge in [0.05, 0.1) is 6.04 Å². The summed E-state index contributed by atoms with van der Waals surface area (Å²) in [6.45, 7) is 11.0. The molecule has 0 amide bonds. The van der Waals surface area contributed by atoms with Crippen LogP contribution < -0.4 is 5.32 Å². The number of benzene rings is 1. The Morgan fingerprint density at radius 3 is 2.67 bits per heavy atom. The Morgan fingerprint density at radius 1 is 1.53 bits per heavy atom. The lowest BCUT2D eigenvalue weighted by molar-refractivity contribution is 0.621. The second-order valence-corrected chi connectivity index (χ2v) is 4.27. The van der Waals surface area contributed by atoms with Crippen LogP contribution in [0.5, 0.6) is 0 Å². The molecule has 1 unspecified atom stereocenters. The van der Waals surface area contributed by atoms with Crippen LogP contribution in [-0.2, 0) is 0 Å². The molecule has 0 aliphatic heterocycles. The Labute approximate surface area is 97.1 Å². The molecule has 0 fully saturated rings. The second-order valence-electron chi connectivity index (χ2n) is 3.86. The van der Waals surface area contributed by atoms with E-state index in [-0.39, 0.29) is 6.04 Å². The van der Waals surface area contributed by atoms with Crippen LogP contribution in [0.2, 0.25) is 5.02 Å². The van der Waals surface area contributed by atoms with Crippen molar-refractivity contribution in [3.63, 3.8) is 0 Å². The Balaban J connectivity index is 3.05. The molecule has 0 heterocycles. The molecule has 0 bridgehead atoms. The molecule has 0 saturated heterocycles. The summed E-state index contributed by atoms with van der Waals surface area (Å²) in [6.07, 6.45) is 0. The molecular weight excluding hydrogens is 206 g/mol. The van der Waals surface area contributed by atoms with Crippen molar-refractivity contribution in [3.8, 4) is 0 Å². The Morgan fingerprint density at radius 2 is 2.20 bits per heavy atom. The third-order valence-corrected chi connectivity index (χ3v) is 2.70. The third-order valence-electron chi connectivity index (χ3n) is 2.37. The molecule has 1 nitrogen and oxygen atoms in total. The number of halogens is 1. The molecule has 0 aromatic heterocycles. The summed E-state index contributed by atoms with van der Waals surface area (Å²) < 4.78 is 0. The Bertz CT molecular complexity index is 358. The van der Waals surface area contributed by atoms with E-state index >= 15 is 0 Å². The van der Waals surface area contributed by atoms with Crippen LogP contribution in [0.4, 0.5) is 0 Å². The predicted molar refractivity (Wildman–Crippen MR) is 67.4 cm³/mol. The first-order chi connectivity index (χ1) is 7.06. The molecule has 1 N–H and O–H groups in total. The molecule has 0 spiro atoms. The molecular formula is C13H18ClN. The van der Waals surface area contributed by atoms with E-state index < -0.39 is 0 Å². The van der Waals surface area contributed by atoms with Crippen molar-refractivity contribution in [3.05, 3.63) is 46.5 Å². The average Bonchev–Trinajstić information content (AvgIpc) is 2.15. The largest absolute Gasteiger partial charge is 0.307 e. The van der Waals surface area contributed by atoms with E-state index in [4.69, 9.17) is 11.6 Å². The molecule has 82 valence electrons. The standard InChI is InChI=1S/C13H18ClN/c1-5-15-13(9(2)3)11-7-6-10(4)8-12(11)14/h6-8,13,15H,2,5H2,1,3-4H3. The molecule has 1 atom stereocenters. The van der Waals surface area contributed by atoms with E-state index in [0.717, 1.165) is 22.7 Å². The molecule has 0 aliphatic rings. The monoisotopic (exact) mass is 223 g/mol. The highest BCUT2D eigenvalue weighted by Crippen LogP contribution is 2.27. The van der Waals surface area contributed by atoms with Crippen LogP contribution in [0.1, 0.15) is 31.0 Å². The maximum absolute atomic E-state index is 6.22. The van der Waals surface area contributed by atoms with Crippen molar-refractivity contribution in [2.24, 2.45) is 0 Å². The number of hydrogen-bond acceptors (Lipinski definition) is 1. The number of nitrogens with one attached hydrogen (secondary N) is 1. The van der Waals surface area contributed by atoms with Gasteiger partial charge in [0.15, 0.2) is 0 Å². The summed E-state index contributed by atoms with van der Waals surface area (Å²) in [5.74, 6) is 0. The van der Waals surface area contributed by atoms with Gasteiger partial charge in [0.25, 0.3) is 0 Å². The summed E-state index contributed by atoms with van der Waals surface area (Å²) in [5.41, 5.74) is 3.37. The van der Waals surface area contributed by atoms with E-state index in [1.807, 2.05) is 19.9 Å². The fourth-order valence-corrected chi connectivity index (χ4v) is 1.96. The van der Waals surface area contributed by atoms with Crippen LogP contribution in [0.15, 0.2) is 30.4 Å². The van der Waals surface area contributed by atoms with Crippen molar-refractivity contribution in [1.29, 1.82) is 0 Å². The SMILES string of the molecule is C=C(C)C(NCC)c1ccc(C)cc1Cl. The molecule has 1 rings (SSSR count). The minimum absolute atomic E-state index is 0.156. The normalized spacial score (nSPS) is 12.5. The second kappa shape index (κ2) is 5.34. The van der Waals surface area contributed by atoms with Crippen LogP contribution in [0, 0.1) is 6.92 Å². The number of rotatable bonds is 4. The van der Waals surface area contributed by atoms with Gasteiger partial charge in [-0.05, 0) is 37.6 Å². The fourth-order valence-electron chi connectivity index (χ4n) is 1.62. The molecule has 15 heavy (non-hydrogen) atoms. The fraction of sp³-hybridized carbons (Fsp3) is 0.385. The quantitative estimate of drug-likeness (QED) is 0.764. The number of hydrogen-bond donors (Lipinski definition) is 1. The van der Waals surface area contributed by atoms with Crippen LogP contribution >= 0.6 is 11.6 Å². The maximum Gasteiger partial charge on any atom is 0.0545 e. The number of likely N-dealkylation sites (N-methyl/N-ethyl adjacent to an activating group) is 1. The predicted octanol–water partition coefficient (Wildman–Crippen LogP) is 3.88. The summed E-state index contributed by atoms with van der Waals surface area (Å²) in [5, 5.41) is 4.18. The zero-order chi connectivity index (χ0) is 11.4. The van der Waals surface area contributed by atoms with Crippen molar-refractivity contribution in [2.45, 2.75) is 26.8 Å². The van der Waals surface area contributed by atoms with Crippen molar-refractivity contribution < 1.29 is 0 Å². The molecule has 0 saturated carbocycles. The molecule has 0 radical (unpaired) electrons. The zero-order valence-electron chi connectivity index (χ0n) is 9.60. The maximum atomic E-state index is 6.22. The molecule has 0 aliphatic carbocycles. The highest BCUT2D eigenvalue weighted by atomic mass is 35.5. The van der Waals surface area contributed by atoms with Gasteiger partial charge in [0.1, 0.15) is 0 Å². The van der Waals surface area contributed by atoms with Crippen LogP contribution in [-0.4, -0.2) is 6.54 Å². The van der Waals surface area contributed by atoms with E-state index in [9.17, 15) is 0 Å². The van der Waals surface area contributed by atoms with Gasteiger partial charge in [0, 0.05) is 5.02 Å². The number of aryl methyl sites for hydroxylation is 1. The van der Waals surface area contributed by atoms with Crippen LogP contribution in [0.25, 0.3) is 0 Å². The first-order valence-corrected chi connectivity index (χ1v) is 5.59. The van der Waals surface area contributed by atoms with Gasteiger partial charge >= 0.3 is 0 Å². The average molecular weight is 224 g/mol. The van der Waals surface area contributed by atoms with Crippen molar-refractivity contribution in [1.82, 2.24) is 5.32 Å². The van der Waals surface area contributed by atoms with E-state index in [0.29, 0.717) is 0 Å². The highest BCUT2D eigenvalue weighted by Gasteiger charge is 2.13. The van der Waals surface area contributed by atoms with Gasteiger partial charge in [-0.3, -0.25) is 0 Å². The third kappa shape index (κ3) is 3.08. The van der Waals surface area contributed by atoms with Gasteiger partial charge in [-0.2, -0.15) is 0 Å². The van der Waals surface area contributed by atoms with Crippen molar-refractivity contribution >= 4 is 11.6 Å². The van der Waals surface area contributed by atoms with E-state index in [2.05, 4.69) is 31.0 Å². The molecule has 1 aromatic rings. The summed E-state index contributed by atoms with van der Waals surface area (Å²) in [6, 6.07) is 6.29. The van der Waals surface area contributed by atoms with E-state index in [1.54, 1.807) is 0 Å². The smallest absolute Gasteiger partial charge is 0.0545 e. The van der Waals surface area contributed by atoms with Gasteiger partial charge in [-0.25, -0.2) is 0 Å². The molecule has 2 heteroatoms. The molecule has 1 aromatic carbocycles. The minimum Gasteiger partial charge on any atom is -0.307 e. The first-order valence-electron chi connectivity index (χ1n) is 5.21. The van der Waals surface area contributed by atoms with Gasteiger partial charge in [0.2, 0.25) is 0 Å². The van der Waals surface area contributed by atoms with Crippen LogP contribution in [0.3, 0.4) is 0 Å². The summed E-state index contributed by atoms with van der Waals surface area (Å²) in [4.78, 5) is 0.